The third kappa shape index (κ3) is 16.9. The van der Waals surface area contributed by atoms with Crippen LogP contribution in [0.1, 0.15) is 103 Å². The topological polar surface area (TPSA) is 140 Å². The minimum atomic E-state index is -2.85. The summed E-state index contributed by atoms with van der Waals surface area (Å²) in [6.07, 6.45) is 3.96. The second-order valence-corrected chi connectivity index (χ2v) is 39.8. The Morgan fingerprint density at radius 2 is 1.37 bits per heavy atom. The Balaban J connectivity index is 1.59. The van der Waals surface area contributed by atoms with Crippen molar-refractivity contribution >= 4 is 52.8 Å². The van der Waals surface area contributed by atoms with Crippen LogP contribution in [0, 0.1) is 5.92 Å². The van der Waals surface area contributed by atoms with Gasteiger partial charge in [0.25, 0.3) is 8.32 Å². The van der Waals surface area contributed by atoms with E-state index in [4.69, 9.17) is 42.8 Å². The van der Waals surface area contributed by atoms with Gasteiger partial charge < -0.3 is 37.3 Å². The molecule has 4 aromatic rings. The number of esters is 1. The minimum absolute atomic E-state index is 0.00797. The molecular weight excluding hydrogens is 1010 g/mol. The lowest BCUT2D eigenvalue weighted by atomic mass is 9.95. The molecule has 75 heavy (non-hydrogen) atoms. The van der Waals surface area contributed by atoms with Crippen LogP contribution >= 0.6 is 11.8 Å². The molecule has 2 unspecified atom stereocenters. The van der Waals surface area contributed by atoms with E-state index in [1.165, 1.54) is 10.4 Å². The quantitative estimate of drug-likeness (QED) is 0.00652. The van der Waals surface area contributed by atoms with Gasteiger partial charge in [0, 0.05) is 41.9 Å². The second-order valence-electron chi connectivity index (χ2n) is 23.9. The van der Waals surface area contributed by atoms with Crippen molar-refractivity contribution in [2.45, 2.75) is 171 Å². The van der Waals surface area contributed by atoms with Crippen LogP contribution < -0.4 is 19.8 Å². The van der Waals surface area contributed by atoms with E-state index in [1.807, 2.05) is 38.1 Å². The Bertz CT molecular complexity index is 2450. The molecule has 1 aliphatic heterocycles. The molecule has 1 fully saturated rings. The summed E-state index contributed by atoms with van der Waals surface area (Å²) in [5.41, 5.74) is 10.0. The highest BCUT2D eigenvalue weighted by atomic mass is 32.2. The van der Waals surface area contributed by atoms with E-state index >= 15 is 0 Å². The molecule has 4 aromatic carbocycles. The largest absolute Gasteiger partial charge is 0.493 e. The smallest absolute Gasteiger partial charge is 0.342 e. The van der Waals surface area contributed by atoms with Crippen LogP contribution in [0.15, 0.2) is 125 Å². The molecule has 0 radical (unpaired) electrons. The zero-order valence-corrected chi connectivity index (χ0v) is 51.6. The van der Waals surface area contributed by atoms with Gasteiger partial charge in [-0.3, -0.25) is 0 Å². The molecule has 0 N–H and O–H groups in total. The number of benzene rings is 4. The SMILES string of the molecule is COCOc1ccc(OCCN=[N+]=[N-])c(C(CC[C@@H]2OC(C)(C)O[C@@H]2C(/C=C\[C@@H](C)[C@@H](C)O[Si](c2ccccc2)(c2ccccc2)C(C)(C)C)O[Si](C)(C)C(C)(C)C)Sc2ccccc2)c1C(=O)OCC[Si](C)(C)C. The molecular formula is C59H87N3O9SSi3. The number of carbonyl (C=O) groups is 1. The van der Waals surface area contributed by atoms with Crippen molar-refractivity contribution in [1.82, 2.24) is 0 Å². The summed E-state index contributed by atoms with van der Waals surface area (Å²) in [5, 5.41) is 5.53. The second kappa shape index (κ2) is 26.9. The molecule has 0 bridgehead atoms. The van der Waals surface area contributed by atoms with Gasteiger partial charge >= 0.3 is 5.97 Å². The van der Waals surface area contributed by atoms with Crippen LogP contribution in [0.5, 0.6) is 11.5 Å². The van der Waals surface area contributed by atoms with E-state index in [9.17, 15) is 4.79 Å². The number of thioether (sulfide) groups is 1. The normalized spacial score (nSPS) is 18.0. The third-order valence-electron chi connectivity index (χ3n) is 14.3. The van der Waals surface area contributed by atoms with Crippen LogP contribution in [0.25, 0.3) is 10.4 Å². The highest BCUT2D eigenvalue weighted by molar-refractivity contribution is 7.99. The minimum Gasteiger partial charge on any atom is -0.493 e. The summed E-state index contributed by atoms with van der Waals surface area (Å²) in [6.45, 7) is 33.7. The number of azide groups is 1. The Kier molecular flexibility index (Phi) is 22.1. The van der Waals surface area contributed by atoms with E-state index in [0.29, 0.717) is 29.9 Å². The molecule has 16 heteroatoms. The monoisotopic (exact) mass is 1100 g/mol. The molecule has 410 valence electrons. The summed E-state index contributed by atoms with van der Waals surface area (Å²) in [5.74, 6) is -0.667. The highest BCUT2D eigenvalue weighted by Gasteiger charge is 2.52. The zero-order valence-electron chi connectivity index (χ0n) is 47.8. The van der Waals surface area contributed by atoms with Crippen molar-refractivity contribution in [3.63, 3.8) is 0 Å². The van der Waals surface area contributed by atoms with Crippen LogP contribution in [-0.4, -0.2) is 94.5 Å². The lowest BCUT2D eigenvalue weighted by Crippen LogP contribution is -2.67. The Labute approximate surface area is 456 Å². The maximum atomic E-state index is 14.6. The van der Waals surface area contributed by atoms with Gasteiger partial charge in [-0.15, -0.1) is 11.8 Å². The fourth-order valence-electron chi connectivity index (χ4n) is 9.10. The highest BCUT2D eigenvalue weighted by Crippen LogP contribution is 2.49. The maximum absolute atomic E-state index is 14.6. The molecule has 0 amide bonds. The van der Waals surface area contributed by atoms with Gasteiger partial charge in [-0.05, 0) is 109 Å². The summed E-state index contributed by atoms with van der Waals surface area (Å²) < 4.78 is 53.1. The van der Waals surface area contributed by atoms with Crippen molar-refractivity contribution in [2.24, 2.45) is 11.0 Å². The number of nitrogens with zero attached hydrogens (tertiary/aromatic N) is 3. The Morgan fingerprint density at radius 1 is 0.787 bits per heavy atom. The van der Waals surface area contributed by atoms with E-state index in [1.54, 1.807) is 24.9 Å². The maximum Gasteiger partial charge on any atom is 0.342 e. The molecule has 1 aliphatic rings. The Hall–Kier alpha value is -4.20. The first-order valence-corrected chi connectivity index (χ1v) is 36.0. The predicted octanol–water partition coefficient (Wildman–Crippen LogP) is 14.5. The Morgan fingerprint density at radius 3 is 1.92 bits per heavy atom. The van der Waals surface area contributed by atoms with Crippen molar-refractivity contribution in [3.8, 4) is 11.5 Å². The average Bonchev–Trinajstić information content (AvgIpc) is 3.66. The van der Waals surface area contributed by atoms with Crippen LogP contribution in [-0.2, 0) is 27.8 Å². The molecule has 0 saturated carbocycles. The average molecular weight is 1100 g/mol. The summed E-state index contributed by atoms with van der Waals surface area (Å²) in [4.78, 5) is 18.6. The third-order valence-corrected chi connectivity index (χ3v) is 26.9. The predicted molar refractivity (Wildman–Crippen MR) is 314 cm³/mol. The fraction of sp³-hybridized carbons (Fsp3) is 0.542. The van der Waals surface area contributed by atoms with Gasteiger partial charge in [0.05, 0.1) is 32.0 Å². The number of ether oxygens (including phenoxy) is 6. The summed E-state index contributed by atoms with van der Waals surface area (Å²) in [6, 6.07) is 36.0. The van der Waals surface area contributed by atoms with Crippen LogP contribution in [0.4, 0.5) is 0 Å². The van der Waals surface area contributed by atoms with Crippen molar-refractivity contribution in [2.75, 3.05) is 33.7 Å². The standard InChI is InChI=1S/C59H87N3O9SSi3/c1-43(44(2)70-75(58(6,7)8,46-28-22-18-23-29-46)47-30-24-19-25-31-47)32-33-51(71-74(15,16)57(3,4)5)55-50(68-59(9,10)69-55)36-37-52(72-45-26-20-17-21-27-45)53-48(65-39-38-61-62-60)34-35-49(67-42-64-11)54(53)56(63)66-40-41-73(12,13)14/h17-35,43-44,50-52,55H,36-42H2,1-16H3/b33-32-/t43-,44-,50+,51?,52?,55+/m1/s1. The molecule has 0 spiro atoms. The molecule has 6 atom stereocenters. The van der Waals surface area contributed by atoms with Crippen LogP contribution in [0.2, 0.25) is 48.9 Å². The van der Waals surface area contributed by atoms with E-state index in [-0.39, 0.29) is 54.2 Å². The first-order valence-electron chi connectivity index (χ1n) is 26.6. The number of rotatable bonds is 27. The molecule has 1 saturated heterocycles. The lowest BCUT2D eigenvalue weighted by molar-refractivity contribution is -0.152. The zero-order chi connectivity index (χ0) is 55.2. The van der Waals surface area contributed by atoms with E-state index < -0.39 is 60.0 Å². The number of carbonyl (C=O) groups excluding carboxylic acids is 1. The number of hydrogen-bond donors (Lipinski definition) is 0. The summed E-state index contributed by atoms with van der Waals surface area (Å²) in [7, 11) is -5.31. The van der Waals surface area contributed by atoms with Crippen LogP contribution in [0.3, 0.4) is 0 Å². The fourth-order valence-corrected chi connectivity index (χ4v) is 17.1. The van der Waals surface area contributed by atoms with Crippen molar-refractivity contribution in [3.05, 3.63) is 137 Å². The van der Waals surface area contributed by atoms with E-state index in [2.05, 4.69) is 183 Å². The van der Waals surface area contributed by atoms with Gasteiger partial charge in [-0.25, -0.2) is 4.79 Å². The van der Waals surface area contributed by atoms with Crippen molar-refractivity contribution in [1.29, 1.82) is 0 Å². The molecule has 12 nitrogen and oxygen atoms in total. The first-order chi connectivity index (χ1) is 35.2. The van der Waals surface area contributed by atoms with Gasteiger partial charge in [0.1, 0.15) is 23.2 Å². The summed E-state index contributed by atoms with van der Waals surface area (Å²) >= 11 is 1.62. The van der Waals surface area contributed by atoms with Gasteiger partial charge in [0.2, 0.25) is 0 Å². The molecule has 5 rings (SSSR count). The van der Waals surface area contributed by atoms with E-state index in [0.717, 1.165) is 10.9 Å². The molecule has 0 aliphatic carbocycles. The molecule has 0 aromatic heterocycles. The van der Waals surface area contributed by atoms with Gasteiger partial charge in [-0.2, -0.15) is 0 Å². The number of hydrogen-bond acceptors (Lipinski definition) is 11. The lowest BCUT2D eigenvalue weighted by Gasteiger charge is -2.45. The number of methoxy groups -OCH3 is 1. The first kappa shape index (κ1) is 61.7. The molecule has 1 heterocycles. The van der Waals surface area contributed by atoms with Crippen molar-refractivity contribution < 1.29 is 42.1 Å². The van der Waals surface area contributed by atoms with Gasteiger partial charge in [0.15, 0.2) is 20.9 Å². The van der Waals surface area contributed by atoms with Gasteiger partial charge in [-0.1, -0.05) is 164 Å².